The summed E-state index contributed by atoms with van der Waals surface area (Å²) in [5, 5.41) is 3.14. The normalized spacial score (nSPS) is 34.9. The van der Waals surface area contributed by atoms with Gasteiger partial charge in [0.1, 0.15) is 0 Å². The van der Waals surface area contributed by atoms with Gasteiger partial charge in [-0.15, -0.1) is 0 Å². The Morgan fingerprint density at radius 3 is 2.43 bits per heavy atom. The van der Waals surface area contributed by atoms with E-state index in [1.807, 2.05) is 0 Å². The van der Waals surface area contributed by atoms with E-state index < -0.39 is 10.0 Å². The van der Waals surface area contributed by atoms with Gasteiger partial charge in [0, 0.05) is 25.3 Å². The molecule has 4 saturated carbocycles. The molecule has 4 aliphatic carbocycles. The van der Waals surface area contributed by atoms with Crippen LogP contribution in [0.1, 0.15) is 61.7 Å². The Kier molecular flexibility index (Phi) is 5.40. The van der Waals surface area contributed by atoms with Gasteiger partial charge in [-0.3, -0.25) is 4.79 Å². The molecule has 0 aromatic heterocycles. The number of benzene rings is 1. The van der Waals surface area contributed by atoms with Gasteiger partial charge in [-0.25, -0.2) is 13.1 Å². The molecule has 1 aromatic rings. The second-order valence-electron chi connectivity index (χ2n) is 10.1. The van der Waals surface area contributed by atoms with Crippen molar-refractivity contribution in [2.45, 2.75) is 62.4 Å². The van der Waals surface area contributed by atoms with Crippen molar-refractivity contribution in [1.82, 2.24) is 10.0 Å². The molecule has 7 heteroatoms. The summed E-state index contributed by atoms with van der Waals surface area (Å²) >= 11 is 0. The summed E-state index contributed by atoms with van der Waals surface area (Å²) in [5.41, 5.74) is 0.663. The zero-order chi connectivity index (χ0) is 20.8. The van der Waals surface area contributed by atoms with Gasteiger partial charge in [0.15, 0.2) is 0 Å². The van der Waals surface area contributed by atoms with E-state index in [9.17, 15) is 13.2 Å². The number of rotatable bonds is 7. The largest absolute Gasteiger partial charge is 0.377 e. The lowest BCUT2D eigenvalue weighted by Gasteiger charge is -2.56. The first-order chi connectivity index (χ1) is 14.4. The van der Waals surface area contributed by atoms with Crippen LogP contribution < -0.4 is 10.0 Å². The number of carbonyl (C=O) groups is 1. The maximum Gasteiger partial charge on any atom is 0.251 e. The van der Waals surface area contributed by atoms with Crippen LogP contribution in [0.5, 0.6) is 0 Å². The van der Waals surface area contributed by atoms with Gasteiger partial charge < -0.3 is 10.1 Å². The van der Waals surface area contributed by atoms with Crippen LogP contribution in [0, 0.1) is 23.2 Å². The summed E-state index contributed by atoms with van der Waals surface area (Å²) in [6.07, 6.45) is 9.62. The summed E-state index contributed by atoms with van der Waals surface area (Å²) in [5.74, 6) is 2.35. The van der Waals surface area contributed by atoms with Crippen LogP contribution in [0.15, 0.2) is 29.2 Å². The number of nitrogens with one attached hydrogen (secondary N) is 2. The topological polar surface area (TPSA) is 84.5 Å². The maximum atomic E-state index is 12.8. The van der Waals surface area contributed by atoms with E-state index in [0.717, 1.165) is 30.6 Å². The van der Waals surface area contributed by atoms with Crippen molar-refractivity contribution in [3.05, 3.63) is 29.8 Å². The van der Waals surface area contributed by atoms with E-state index in [1.165, 1.54) is 50.7 Å². The molecule has 1 heterocycles. The predicted octanol–water partition coefficient (Wildman–Crippen LogP) is 3.09. The predicted molar refractivity (Wildman–Crippen MR) is 114 cm³/mol. The van der Waals surface area contributed by atoms with E-state index in [0.29, 0.717) is 18.7 Å². The van der Waals surface area contributed by atoms with Gasteiger partial charge in [0.25, 0.3) is 5.91 Å². The molecule has 5 fully saturated rings. The molecule has 4 bridgehead atoms. The molecule has 1 aliphatic heterocycles. The molecule has 30 heavy (non-hydrogen) atoms. The Balaban J connectivity index is 1.22. The number of amides is 1. The van der Waals surface area contributed by atoms with Crippen molar-refractivity contribution in [3.8, 4) is 0 Å². The van der Waals surface area contributed by atoms with Gasteiger partial charge >= 0.3 is 0 Å². The fraction of sp³-hybridized carbons (Fsp3) is 0.696. The average Bonchev–Trinajstić information content (AvgIpc) is 3.24. The molecule has 0 unspecified atom stereocenters. The van der Waals surface area contributed by atoms with Crippen LogP contribution in [0.25, 0.3) is 0 Å². The molecule has 1 saturated heterocycles. The first kappa shape index (κ1) is 20.5. The van der Waals surface area contributed by atoms with Crippen molar-refractivity contribution >= 4 is 15.9 Å². The summed E-state index contributed by atoms with van der Waals surface area (Å²) in [6, 6.07) is 6.34. The minimum absolute atomic E-state index is 0.0634. The van der Waals surface area contributed by atoms with Gasteiger partial charge in [-0.05, 0) is 92.7 Å². The molecule has 0 radical (unpaired) electrons. The molecule has 6 rings (SSSR count). The van der Waals surface area contributed by atoms with Crippen LogP contribution in [0.2, 0.25) is 0 Å². The highest BCUT2D eigenvalue weighted by Crippen LogP contribution is 2.59. The molecule has 2 N–H and O–H groups in total. The smallest absolute Gasteiger partial charge is 0.251 e. The molecular formula is C23H32N2O4S. The SMILES string of the molecule is O=C(NCC12CC3CC(CC(C3)C1)C2)c1cccc(S(=O)(=O)NC[C@H]2CCCO2)c1. The standard InChI is InChI=1S/C23H32N2O4S/c26-22(24-15-23-11-16-7-17(12-23)9-18(8-16)13-23)19-3-1-5-21(10-19)30(27,28)25-14-20-4-2-6-29-20/h1,3,5,10,16-18,20,25H,2,4,6-9,11-15H2,(H,24,26)/t16?,17?,18?,20-,23?/m1/s1. The monoisotopic (exact) mass is 432 g/mol. The van der Waals surface area contributed by atoms with Crippen molar-refractivity contribution in [2.24, 2.45) is 23.2 Å². The van der Waals surface area contributed by atoms with E-state index in [-0.39, 0.29) is 28.9 Å². The Hall–Kier alpha value is -1.44. The first-order valence-electron chi connectivity index (χ1n) is 11.4. The van der Waals surface area contributed by atoms with E-state index in [1.54, 1.807) is 12.1 Å². The highest BCUT2D eigenvalue weighted by molar-refractivity contribution is 7.89. The highest BCUT2D eigenvalue weighted by Gasteiger charge is 2.50. The third-order valence-electron chi connectivity index (χ3n) is 7.72. The van der Waals surface area contributed by atoms with E-state index >= 15 is 0 Å². The fourth-order valence-corrected chi connectivity index (χ4v) is 7.88. The summed E-state index contributed by atoms with van der Waals surface area (Å²) in [4.78, 5) is 13.0. The van der Waals surface area contributed by atoms with Crippen LogP contribution in [0.4, 0.5) is 0 Å². The van der Waals surface area contributed by atoms with E-state index in [4.69, 9.17) is 4.74 Å². The minimum atomic E-state index is -3.67. The Bertz CT molecular complexity index is 872. The number of ether oxygens (including phenoxy) is 1. The number of sulfonamides is 1. The number of hydrogen-bond acceptors (Lipinski definition) is 4. The molecule has 164 valence electrons. The second kappa shape index (κ2) is 7.92. The van der Waals surface area contributed by atoms with Crippen LogP contribution in [-0.2, 0) is 14.8 Å². The lowest BCUT2D eigenvalue weighted by Crippen LogP contribution is -2.51. The van der Waals surface area contributed by atoms with Crippen LogP contribution in [0.3, 0.4) is 0 Å². The second-order valence-corrected chi connectivity index (χ2v) is 11.9. The zero-order valence-electron chi connectivity index (χ0n) is 17.4. The summed E-state index contributed by atoms with van der Waals surface area (Å²) in [6.45, 7) is 1.67. The van der Waals surface area contributed by atoms with Gasteiger partial charge in [-0.1, -0.05) is 6.07 Å². The fourth-order valence-electron chi connectivity index (χ4n) is 6.77. The first-order valence-corrected chi connectivity index (χ1v) is 12.9. The van der Waals surface area contributed by atoms with Crippen LogP contribution in [-0.4, -0.2) is 40.1 Å². The van der Waals surface area contributed by atoms with Crippen molar-refractivity contribution in [2.75, 3.05) is 19.7 Å². The minimum Gasteiger partial charge on any atom is -0.377 e. The third-order valence-corrected chi connectivity index (χ3v) is 9.14. The molecule has 5 aliphatic rings. The molecule has 1 amide bonds. The number of carbonyl (C=O) groups excluding carboxylic acids is 1. The third kappa shape index (κ3) is 4.16. The molecule has 1 aromatic carbocycles. The highest BCUT2D eigenvalue weighted by atomic mass is 32.2. The lowest BCUT2D eigenvalue weighted by atomic mass is 9.49. The summed E-state index contributed by atoms with van der Waals surface area (Å²) in [7, 11) is -3.67. The Morgan fingerprint density at radius 2 is 1.80 bits per heavy atom. The lowest BCUT2D eigenvalue weighted by molar-refractivity contribution is -0.0503. The van der Waals surface area contributed by atoms with Crippen molar-refractivity contribution in [3.63, 3.8) is 0 Å². The molecule has 0 spiro atoms. The van der Waals surface area contributed by atoms with Crippen LogP contribution >= 0.6 is 0 Å². The maximum absolute atomic E-state index is 12.8. The Morgan fingerprint density at radius 1 is 1.10 bits per heavy atom. The van der Waals surface area contributed by atoms with E-state index in [2.05, 4.69) is 10.0 Å². The Labute approximate surface area is 179 Å². The molecule has 6 nitrogen and oxygen atoms in total. The van der Waals surface area contributed by atoms with Crippen molar-refractivity contribution in [1.29, 1.82) is 0 Å². The summed E-state index contributed by atoms with van der Waals surface area (Å²) < 4.78 is 33.4. The van der Waals surface area contributed by atoms with Gasteiger partial charge in [0.05, 0.1) is 11.0 Å². The quantitative estimate of drug-likeness (QED) is 0.693. The zero-order valence-corrected chi connectivity index (χ0v) is 18.3. The van der Waals surface area contributed by atoms with Gasteiger partial charge in [0.2, 0.25) is 10.0 Å². The molecular weight excluding hydrogens is 400 g/mol. The van der Waals surface area contributed by atoms with Gasteiger partial charge in [-0.2, -0.15) is 0 Å². The molecule has 1 atom stereocenters. The van der Waals surface area contributed by atoms with Crippen molar-refractivity contribution < 1.29 is 17.9 Å². The number of hydrogen-bond donors (Lipinski definition) is 2. The average molecular weight is 433 g/mol.